The minimum atomic E-state index is -0.0255. The van der Waals surface area contributed by atoms with Crippen LogP contribution < -0.4 is 0 Å². The Bertz CT molecular complexity index is 294. The molecule has 0 amide bonds. The van der Waals surface area contributed by atoms with E-state index >= 15 is 0 Å². The summed E-state index contributed by atoms with van der Waals surface area (Å²) >= 11 is 0. The van der Waals surface area contributed by atoms with E-state index in [0.29, 0.717) is 0 Å². The largest absolute Gasteiger partial charge is 0.373 e. The zero-order chi connectivity index (χ0) is 9.80. The third kappa shape index (κ3) is 1.85. The van der Waals surface area contributed by atoms with E-state index in [0.717, 1.165) is 31.3 Å². The highest BCUT2D eigenvalue weighted by Crippen LogP contribution is 2.31. The van der Waals surface area contributed by atoms with Crippen LogP contribution in [0.25, 0.3) is 0 Å². The summed E-state index contributed by atoms with van der Waals surface area (Å²) in [7, 11) is 0. The van der Waals surface area contributed by atoms with E-state index in [4.69, 9.17) is 4.74 Å². The van der Waals surface area contributed by atoms with Crippen LogP contribution >= 0.6 is 0 Å². The lowest BCUT2D eigenvalue weighted by Crippen LogP contribution is -2.23. The van der Waals surface area contributed by atoms with Crippen LogP contribution in [0.4, 0.5) is 0 Å². The summed E-state index contributed by atoms with van der Waals surface area (Å²) in [4.78, 5) is 10.9. The van der Waals surface area contributed by atoms with Gasteiger partial charge in [-0.25, -0.2) is 0 Å². The number of carbonyl (C=O) groups is 1. The van der Waals surface area contributed by atoms with Crippen molar-refractivity contribution in [2.24, 2.45) is 5.92 Å². The average Bonchev–Trinajstić information content (AvgIpc) is 2.30. The van der Waals surface area contributed by atoms with Crippen LogP contribution in [-0.4, -0.2) is 12.9 Å². The van der Waals surface area contributed by atoms with Gasteiger partial charge in [0.05, 0.1) is 6.10 Å². The molecule has 74 valence electrons. The lowest BCUT2D eigenvalue weighted by Gasteiger charge is -2.28. The number of carbonyl (C=O) groups excluding carboxylic acids is 1. The normalized spacial score (nSPS) is 27.1. The SMILES string of the molecule is O=CC1CCCOC1c1ccccc1. The molecule has 2 atom stereocenters. The molecule has 0 bridgehead atoms. The van der Waals surface area contributed by atoms with E-state index in [-0.39, 0.29) is 12.0 Å². The van der Waals surface area contributed by atoms with Crippen LogP contribution in [0.1, 0.15) is 24.5 Å². The topological polar surface area (TPSA) is 26.3 Å². The van der Waals surface area contributed by atoms with Crippen molar-refractivity contribution in [1.29, 1.82) is 0 Å². The first-order chi connectivity index (χ1) is 6.92. The fraction of sp³-hybridized carbons (Fsp3) is 0.417. The summed E-state index contributed by atoms with van der Waals surface area (Å²) in [6.45, 7) is 0.768. The molecule has 0 aromatic heterocycles. The first kappa shape index (κ1) is 9.41. The monoisotopic (exact) mass is 190 g/mol. The van der Waals surface area contributed by atoms with Gasteiger partial charge in [-0.3, -0.25) is 0 Å². The zero-order valence-corrected chi connectivity index (χ0v) is 8.06. The van der Waals surface area contributed by atoms with Gasteiger partial charge in [-0.1, -0.05) is 30.3 Å². The Morgan fingerprint density at radius 1 is 1.29 bits per heavy atom. The number of hydrogen-bond donors (Lipinski definition) is 0. The van der Waals surface area contributed by atoms with Crippen molar-refractivity contribution in [2.45, 2.75) is 18.9 Å². The third-order valence-corrected chi connectivity index (χ3v) is 2.67. The van der Waals surface area contributed by atoms with E-state index in [1.54, 1.807) is 0 Å². The molecule has 1 aromatic carbocycles. The summed E-state index contributed by atoms with van der Waals surface area (Å²) in [6, 6.07) is 9.98. The molecule has 2 heteroatoms. The van der Waals surface area contributed by atoms with Gasteiger partial charge in [-0.15, -0.1) is 0 Å². The highest BCUT2D eigenvalue weighted by Gasteiger charge is 2.26. The Morgan fingerprint density at radius 3 is 2.79 bits per heavy atom. The van der Waals surface area contributed by atoms with E-state index < -0.39 is 0 Å². The number of rotatable bonds is 2. The number of aldehydes is 1. The summed E-state index contributed by atoms with van der Waals surface area (Å²) < 4.78 is 5.64. The third-order valence-electron chi connectivity index (χ3n) is 2.67. The molecule has 0 spiro atoms. The summed E-state index contributed by atoms with van der Waals surface area (Å²) in [5.74, 6) is 0.0335. The van der Waals surface area contributed by atoms with Crippen LogP contribution in [0.5, 0.6) is 0 Å². The smallest absolute Gasteiger partial charge is 0.126 e. The lowest BCUT2D eigenvalue weighted by molar-refractivity contribution is -0.120. The van der Waals surface area contributed by atoms with Crippen LogP contribution in [0.15, 0.2) is 30.3 Å². The molecular weight excluding hydrogens is 176 g/mol. The van der Waals surface area contributed by atoms with Crippen molar-refractivity contribution in [2.75, 3.05) is 6.61 Å². The van der Waals surface area contributed by atoms with E-state index in [2.05, 4.69) is 0 Å². The number of benzene rings is 1. The quantitative estimate of drug-likeness (QED) is 0.669. The van der Waals surface area contributed by atoms with Crippen molar-refractivity contribution >= 4 is 6.29 Å². The van der Waals surface area contributed by atoms with Gasteiger partial charge in [0, 0.05) is 12.5 Å². The molecule has 1 aliphatic heterocycles. The highest BCUT2D eigenvalue weighted by molar-refractivity contribution is 5.55. The predicted octanol–water partition coefficient (Wildman–Crippen LogP) is 2.35. The molecule has 0 radical (unpaired) electrons. The van der Waals surface area contributed by atoms with Crippen molar-refractivity contribution in [3.8, 4) is 0 Å². The number of hydrogen-bond acceptors (Lipinski definition) is 2. The molecule has 1 heterocycles. The standard InChI is InChI=1S/C12H14O2/c13-9-11-7-4-8-14-12(11)10-5-2-1-3-6-10/h1-3,5-6,9,11-12H,4,7-8H2. The minimum absolute atomic E-state index is 0.0255. The second-order valence-electron chi connectivity index (χ2n) is 3.64. The fourth-order valence-corrected chi connectivity index (χ4v) is 1.93. The van der Waals surface area contributed by atoms with Gasteiger partial charge >= 0.3 is 0 Å². The molecule has 1 aromatic rings. The maximum Gasteiger partial charge on any atom is 0.126 e. The highest BCUT2D eigenvalue weighted by atomic mass is 16.5. The molecule has 2 nitrogen and oxygen atoms in total. The first-order valence-electron chi connectivity index (χ1n) is 5.03. The van der Waals surface area contributed by atoms with Gasteiger partial charge in [-0.2, -0.15) is 0 Å². The minimum Gasteiger partial charge on any atom is -0.373 e. The maximum absolute atomic E-state index is 10.9. The van der Waals surface area contributed by atoms with E-state index in [9.17, 15) is 4.79 Å². The van der Waals surface area contributed by atoms with Gasteiger partial charge in [0.25, 0.3) is 0 Å². The first-order valence-corrected chi connectivity index (χ1v) is 5.03. The molecule has 1 aliphatic rings. The fourth-order valence-electron chi connectivity index (χ4n) is 1.93. The second-order valence-corrected chi connectivity index (χ2v) is 3.64. The molecule has 0 saturated carbocycles. The molecule has 1 fully saturated rings. The van der Waals surface area contributed by atoms with Gasteiger partial charge in [-0.05, 0) is 18.4 Å². The van der Waals surface area contributed by atoms with Crippen molar-refractivity contribution in [3.05, 3.63) is 35.9 Å². The molecule has 2 rings (SSSR count). The van der Waals surface area contributed by atoms with Crippen LogP contribution in [-0.2, 0) is 9.53 Å². The average molecular weight is 190 g/mol. The summed E-state index contributed by atoms with van der Waals surface area (Å²) in [6.07, 6.45) is 2.94. The van der Waals surface area contributed by atoms with Crippen molar-refractivity contribution in [3.63, 3.8) is 0 Å². The van der Waals surface area contributed by atoms with Gasteiger partial charge < -0.3 is 9.53 Å². The van der Waals surface area contributed by atoms with Crippen LogP contribution in [0.2, 0.25) is 0 Å². The maximum atomic E-state index is 10.9. The van der Waals surface area contributed by atoms with Gasteiger partial charge in [0.1, 0.15) is 6.29 Å². The molecule has 1 saturated heterocycles. The Labute approximate surface area is 83.9 Å². The molecule has 0 aliphatic carbocycles. The molecule has 14 heavy (non-hydrogen) atoms. The Hall–Kier alpha value is -1.15. The summed E-state index contributed by atoms with van der Waals surface area (Å²) in [5, 5.41) is 0. The van der Waals surface area contributed by atoms with Gasteiger partial charge in [0.15, 0.2) is 0 Å². The lowest BCUT2D eigenvalue weighted by atomic mass is 9.91. The summed E-state index contributed by atoms with van der Waals surface area (Å²) in [5.41, 5.74) is 1.12. The van der Waals surface area contributed by atoms with Gasteiger partial charge in [0.2, 0.25) is 0 Å². The van der Waals surface area contributed by atoms with E-state index in [1.165, 1.54) is 0 Å². The molecular formula is C12H14O2. The Morgan fingerprint density at radius 2 is 2.07 bits per heavy atom. The van der Waals surface area contributed by atoms with Crippen LogP contribution in [0.3, 0.4) is 0 Å². The van der Waals surface area contributed by atoms with Crippen LogP contribution in [0, 0.1) is 5.92 Å². The Balaban J connectivity index is 2.19. The van der Waals surface area contributed by atoms with Crippen molar-refractivity contribution < 1.29 is 9.53 Å². The van der Waals surface area contributed by atoms with E-state index in [1.807, 2.05) is 30.3 Å². The predicted molar refractivity (Wildman–Crippen MR) is 53.9 cm³/mol. The van der Waals surface area contributed by atoms with Crippen molar-refractivity contribution in [1.82, 2.24) is 0 Å². The second kappa shape index (κ2) is 4.38. The molecule has 2 unspecified atom stereocenters. The number of ether oxygens (including phenoxy) is 1. The molecule has 0 N–H and O–H groups in total. The Kier molecular flexibility index (Phi) is 2.94. The zero-order valence-electron chi connectivity index (χ0n) is 8.06.